The summed E-state index contributed by atoms with van der Waals surface area (Å²) in [5.74, 6) is 0.646. The Morgan fingerprint density at radius 3 is 2.63 bits per heavy atom. The average Bonchev–Trinajstić information content (AvgIpc) is 2.95. The second kappa shape index (κ2) is 7.76. The lowest BCUT2D eigenvalue weighted by Crippen LogP contribution is -2.40. The summed E-state index contributed by atoms with van der Waals surface area (Å²) in [7, 11) is -3.50. The van der Waals surface area contributed by atoms with E-state index in [4.69, 9.17) is 5.11 Å². The highest BCUT2D eigenvalue weighted by Crippen LogP contribution is 2.69. The Kier molecular flexibility index (Phi) is 5.77. The monoisotopic (exact) mass is 391 g/mol. The van der Waals surface area contributed by atoms with E-state index >= 15 is 0 Å². The minimum Gasteiger partial charge on any atom is -0.481 e. The van der Waals surface area contributed by atoms with Crippen molar-refractivity contribution in [2.75, 3.05) is 0 Å². The third kappa shape index (κ3) is 4.43. The summed E-state index contributed by atoms with van der Waals surface area (Å²) in [5.41, 5.74) is 0.288. The maximum Gasteiger partial charge on any atom is 0.303 e. The number of nitrogens with one attached hydrogen (secondary N) is 1. The second-order valence-corrected chi connectivity index (χ2v) is 10.1. The number of allylic oxidation sites excluding steroid dienone is 2. The van der Waals surface area contributed by atoms with Crippen LogP contribution in [0.1, 0.15) is 46.0 Å². The quantitative estimate of drug-likeness (QED) is 0.495. The summed E-state index contributed by atoms with van der Waals surface area (Å²) in [4.78, 5) is 10.9. The predicted octanol–water partition coefficient (Wildman–Crippen LogP) is 3.83. The molecule has 1 aromatic carbocycles. The number of unbranched alkanes of at least 4 members (excludes halogenated alkanes) is 1. The van der Waals surface area contributed by atoms with Gasteiger partial charge in [-0.3, -0.25) is 4.79 Å². The molecule has 0 spiro atoms. The summed E-state index contributed by atoms with van der Waals surface area (Å²) >= 11 is 0. The topological polar surface area (TPSA) is 83.5 Å². The van der Waals surface area contributed by atoms with E-state index in [-0.39, 0.29) is 17.9 Å². The van der Waals surface area contributed by atoms with Crippen LogP contribution in [0.2, 0.25) is 0 Å². The van der Waals surface area contributed by atoms with Crippen LogP contribution in [0.4, 0.5) is 0 Å². The van der Waals surface area contributed by atoms with Gasteiger partial charge >= 0.3 is 5.97 Å². The van der Waals surface area contributed by atoms with Crippen LogP contribution in [0.25, 0.3) is 0 Å². The van der Waals surface area contributed by atoms with Crippen LogP contribution >= 0.6 is 0 Å². The van der Waals surface area contributed by atoms with Crippen molar-refractivity contribution in [1.82, 2.24) is 4.72 Å². The van der Waals surface area contributed by atoms with Gasteiger partial charge in [0.2, 0.25) is 10.0 Å². The van der Waals surface area contributed by atoms with Gasteiger partial charge in [-0.1, -0.05) is 44.2 Å². The lowest BCUT2D eigenvalue weighted by molar-refractivity contribution is -0.137. The summed E-state index contributed by atoms with van der Waals surface area (Å²) in [6.45, 7) is 4.54. The molecule has 0 amide bonds. The fourth-order valence-electron chi connectivity index (χ4n) is 4.84. The van der Waals surface area contributed by atoms with Gasteiger partial charge in [0.15, 0.2) is 0 Å². The number of hydrogen-bond donors (Lipinski definition) is 2. The molecule has 5 nitrogen and oxygen atoms in total. The maximum atomic E-state index is 12.7. The van der Waals surface area contributed by atoms with Crippen LogP contribution in [0.5, 0.6) is 0 Å². The zero-order valence-electron chi connectivity index (χ0n) is 16.0. The van der Waals surface area contributed by atoms with E-state index in [9.17, 15) is 13.2 Å². The third-order valence-electron chi connectivity index (χ3n) is 6.32. The van der Waals surface area contributed by atoms with E-state index in [1.807, 2.05) is 12.1 Å². The number of benzene rings is 1. The molecule has 0 aromatic heterocycles. The van der Waals surface area contributed by atoms with E-state index < -0.39 is 16.0 Å². The first kappa shape index (κ1) is 20.1. The molecule has 0 saturated heterocycles. The molecule has 2 fully saturated rings. The Bertz CT molecular complexity index is 801. The molecule has 1 aromatic rings. The van der Waals surface area contributed by atoms with Gasteiger partial charge in [-0.2, -0.15) is 0 Å². The van der Waals surface area contributed by atoms with E-state index in [0.29, 0.717) is 29.1 Å². The molecule has 2 aliphatic rings. The Morgan fingerprint density at radius 1 is 1.26 bits per heavy atom. The van der Waals surface area contributed by atoms with E-state index in [0.717, 1.165) is 19.3 Å². The van der Waals surface area contributed by atoms with Crippen LogP contribution in [0.15, 0.2) is 47.4 Å². The van der Waals surface area contributed by atoms with Gasteiger partial charge in [0.25, 0.3) is 0 Å². The van der Waals surface area contributed by atoms with Crippen molar-refractivity contribution in [3.63, 3.8) is 0 Å². The van der Waals surface area contributed by atoms with Crippen molar-refractivity contribution < 1.29 is 18.3 Å². The van der Waals surface area contributed by atoms with E-state index in [1.165, 1.54) is 0 Å². The summed E-state index contributed by atoms with van der Waals surface area (Å²) in [5, 5.41) is 8.69. The zero-order chi connectivity index (χ0) is 19.7. The molecule has 6 heteroatoms. The predicted molar refractivity (Wildman–Crippen MR) is 105 cm³/mol. The number of hydrogen-bond acceptors (Lipinski definition) is 3. The lowest BCUT2D eigenvalue weighted by atomic mass is 9.87. The number of carboxylic acids is 1. The zero-order valence-corrected chi connectivity index (χ0v) is 16.8. The number of fused-ring (bicyclic) bond motifs is 1. The normalized spacial score (nSPS) is 29.0. The largest absolute Gasteiger partial charge is 0.481 e. The second-order valence-electron chi connectivity index (χ2n) is 8.39. The molecular formula is C21H29NO4S. The van der Waals surface area contributed by atoms with Gasteiger partial charge in [-0.05, 0) is 61.0 Å². The van der Waals surface area contributed by atoms with E-state index in [1.54, 1.807) is 24.3 Å². The highest BCUT2D eigenvalue weighted by molar-refractivity contribution is 7.89. The van der Waals surface area contributed by atoms with Crippen LogP contribution in [0.3, 0.4) is 0 Å². The molecule has 0 heterocycles. The molecule has 27 heavy (non-hydrogen) atoms. The fourth-order valence-corrected chi connectivity index (χ4v) is 6.16. The average molecular weight is 392 g/mol. The number of aliphatic carboxylic acids is 1. The van der Waals surface area contributed by atoms with Crippen LogP contribution in [0, 0.1) is 23.2 Å². The van der Waals surface area contributed by atoms with Gasteiger partial charge < -0.3 is 5.11 Å². The molecule has 148 valence electrons. The highest BCUT2D eigenvalue weighted by atomic mass is 32.2. The third-order valence-corrected chi connectivity index (χ3v) is 7.83. The molecule has 4 unspecified atom stereocenters. The van der Waals surface area contributed by atoms with Crippen molar-refractivity contribution in [2.24, 2.45) is 23.2 Å². The Balaban J connectivity index is 1.63. The van der Waals surface area contributed by atoms with Crippen LogP contribution < -0.4 is 4.72 Å². The maximum absolute atomic E-state index is 12.7. The Morgan fingerprint density at radius 2 is 1.96 bits per heavy atom. The Hall–Kier alpha value is -1.66. The van der Waals surface area contributed by atoms with Crippen molar-refractivity contribution in [3.8, 4) is 0 Å². The minimum atomic E-state index is -3.50. The summed E-state index contributed by atoms with van der Waals surface area (Å²) < 4.78 is 28.4. The van der Waals surface area contributed by atoms with Crippen molar-refractivity contribution >= 4 is 16.0 Å². The van der Waals surface area contributed by atoms with Gasteiger partial charge in [0, 0.05) is 12.5 Å². The highest BCUT2D eigenvalue weighted by Gasteiger charge is 2.66. The smallest absolute Gasteiger partial charge is 0.303 e. The molecule has 4 atom stereocenters. The van der Waals surface area contributed by atoms with Crippen LogP contribution in [-0.2, 0) is 14.8 Å². The summed E-state index contributed by atoms with van der Waals surface area (Å²) in [6.07, 6.45) is 7.43. The summed E-state index contributed by atoms with van der Waals surface area (Å²) in [6, 6.07) is 8.49. The first-order valence-electron chi connectivity index (χ1n) is 9.67. The van der Waals surface area contributed by atoms with Crippen molar-refractivity contribution in [1.29, 1.82) is 0 Å². The lowest BCUT2D eigenvalue weighted by Gasteiger charge is -2.26. The molecule has 0 radical (unpaired) electrons. The van der Waals surface area contributed by atoms with Crippen molar-refractivity contribution in [3.05, 3.63) is 42.5 Å². The van der Waals surface area contributed by atoms with E-state index in [2.05, 4.69) is 24.6 Å². The first-order chi connectivity index (χ1) is 12.7. The molecular weight excluding hydrogens is 362 g/mol. The van der Waals surface area contributed by atoms with Gasteiger partial charge in [0.05, 0.1) is 4.90 Å². The molecule has 0 aliphatic heterocycles. The molecule has 2 N–H and O–H groups in total. The number of rotatable bonds is 9. The molecule has 3 rings (SSSR count). The number of carboxylic acid groups (broad SMARTS) is 1. The van der Waals surface area contributed by atoms with Gasteiger partial charge in [-0.15, -0.1) is 0 Å². The van der Waals surface area contributed by atoms with Crippen LogP contribution in [-0.4, -0.2) is 25.5 Å². The Labute approximate surface area is 161 Å². The molecule has 2 aliphatic carbocycles. The standard InChI is InChI=1S/C21H29NO4S/c1-21(2)17-14-18(22-27(25,26)15-10-6-5-7-11-15)16(20(17)21)12-8-3-4-9-13-19(23)24/h3,5-8,10-11,16-18,20,22H,4,9,12-14H2,1-2H3,(H,23,24)/b8-3-. The number of sulfonamides is 1. The fraction of sp³-hybridized carbons (Fsp3) is 0.571. The SMILES string of the molecule is CC1(C)C2CC(NS(=O)(=O)c3ccccc3)C(C/C=C\CCCC(=O)O)C21. The van der Waals surface area contributed by atoms with Gasteiger partial charge in [0.1, 0.15) is 0 Å². The minimum absolute atomic E-state index is 0.0399. The number of carbonyl (C=O) groups is 1. The van der Waals surface area contributed by atoms with Gasteiger partial charge in [-0.25, -0.2) is 13.1 Å². The molecule has 0 bridgehead atoms. The van der Waals surface area contributed by atoms with Crippen molar-refractivity contribution in [2.45, 2.75) is 56.9 Å². The first-order valence-corrected chi connectivity index (χ1v) is 11.2. The molecule has 2 saturated carbocycles.